The van der Waals surface area contributed by atoms with Gasteiger partial charge < -0.3 is 31.5 Å². The first-order valence-corrected chi connectivity index (χ1v) is 16.6. The number of urea groups is 1. The number of fused-ring (bicyclic) bond motifs is 1. The number of rotatable bonds is 14. The number of piperidine rings is 1. The molecule has 0 bridgehead atoms. The third-order valence-electron chi connectivity index (χ3n) is 10.7. The highest BCUT2D eigenvalue weighted by Gasteiger charge is 2.70. The van der Waals surface area contributed by atoms with Crippen LogP contribution in [-0.4, -0.2) is 89.5 Å². The molecule has 2 aliphatic carbocycles. The fourth-order valence-electron chi connectivity index (χ4n) is 6.99. The molecule has 0 aromatic rings. The SMILES string of the molecule is C=CCN(C)C(=O)[C@@H](NC(=O)N[C@H](C(=O)N1C[C@H]2[C@@H]([C@H]1C(=O)NC(CC1CCC1)C(=O)C(N)=O)C2(C)C)C(C)(C)C)C(C)C(C)C. The molecular formula is C34H56N6O6. The van der Waals surface area contributed by atoms with Gasteiger partial charge in [-0.15, -0.1) is 6.58 Å². The van der Waals surface area contributed by atoms with Crippen molar-refractivity contribution in [3.05, 3.63) is 12.7 Å². The minimum absolute atomic E-state index is 0.0628. The first-order valence-electron chi connectivity index (χ1n) is 16.6. The predicted molar refractivity (Wildman–Crippen MR) is 175 cm³/mol. The summed E-state index contributed by atoms with van der Waals surface area (Å²) in [5, 5.41) is 8.44. The number of Topliss-reactive ketones (excluding diaryl/α,β-unsaturated/α-hetero) is 1. The number of ketones is 1. The highest BCUT2D eigenvalue weighted by atomic mass is 16.2. The van der Waals surface area contributed by atoms with E-state index in [9.17, 15) is 28.8 Å². The molecule has 5 N–H and O–H groups in total. The smallest absolute Gasteiger partial charge is 0.316 e. The van der Waals surface area contributed by atoms with Crippen molar-refractivity contribution >= 4 is 35.4 Å². The van der Waals surface area contributed by atoms with Crippen LogP contribution < -0.4 is 21.7 Å². The molecule has 7 atom stereocenters. The molecule has 0 spiro atoms. The number of likely N-dealkylation sites (N-methyl/N-ethyl adjacent to an activating group) is 1. The van der Waals surface area contributed by atoms with Crippen LogP contribution in [-0.2, 0) is 24.0 Å². The van der Waals surface area contributed by atoms with Crippen LogP contribution in [0.15, 0.2) is 12.7 Å². The molecule has 258 valence electrons. The number of carbonyl (C=O) groups excluding carboxylic acids is 6. The van der Waals surface area contributed by atoms with Crippen molar-refractivity contribution < 1.29 is 28.8 Å². The van der Waals surface area contributed by atoms with Crippen molar-refractivity contribution in [3.63, 3.8) is 0 Å². The van der Waals surface area contributed by atoms with E-state index in [1.165, 1.54) is 9.80 Å². The molecule has 3 fully saturated rings. The second-order valence-electron chi connectivity index (χ2n) is 15.7. The van der Waals surface area contributed by atoms with E-state index in [0.717, 1.165) is 19.3 Å². The van der Waals surface area contributed by atoms with E-state index in [-0.39, 0.29) is 40.9 Å². The normalized spacial score (nSPS) is 24.4. The molecule has 1 heterocycles. The summed E-state index contributed by atoms with van der Waals surface area (Å²) < 4.78 is 0. The minimum Gasteiger partial charge on any atom is -0.363 e. The van der Waals surface area contributed by atoms with Crippen molar-refractivity contribution in [1.29, 1.82) is 0 Å². The standard InChI is InChI=1S/C34H56N6O6/c1-11-15-39(10)30(44)24(19(4)18(2)3)37-32(46)38-27(33(5,6)7)31(45)40-17-21-23(34(21,8)9)25(40)29(43)36-22(26(41)28(35)42)16-20-13-12-14-20/h11,18-25,27H,1,12-17H2,2-10H3,(H2,35,42)(H,36,43)(H2,37,38,46)/t19?,21-,22?,23-,24-,25-,27+/m0/s1. The molecule has 1 aliphatic heterocycles. The van der Waals surface area contributed by atoms with Crippen LogP contribution >= 0.6 is 0 Å². The molecule has 1 saturated heterocycles. The Kier molecular flexibility index (Phi) is 11.4. The number of nitrogens with zero attached hydrogens (tertiary/aromatic N) is 2. The van der Waals surface area contributed by atoms with E-state index in [4.69, 9.17) is 5.73 Å². The van der Waals surface area contributed by atoms with Crippen molar-refractivity contribution in [2.75, 3.05) is 20.1 Å². The van der Waals surface area contributed by atoms with Crippen molar-refractivity contribution in [2.24, 2.45) is 46.2 Å². The summed E-state index contributed by atoms with van der Waals surface area (Å²) >= 11 is 0. The van der Waals surface area contributed by atoms with Crippen LogP contribution in [0.4, 0.5) is 4.79 Å². The van der Waals surface area contributed by atoms with Crippen LogP contribution in [0, 0.1) is 40.4 Å². The van der Waals surface area contributed by atoms with Gasteiger partial charge in [0.1, 0.15) is 18.1 Å². The van der Waals surface area contributed by atoms with Crippen LogP contribution in [0.25, 0.3) is 0 Å². The number of primary amides is 1. The number of nitrogens with one attached hydrogen (secondary N) is 3. The zero-order valence-electron chi connectivity index (χ0n) is 29.1. The summed E-state index contributed by atoms with van der Waals surface area (Å²) in [6.45, 7) is 19.7. The average molecular weight is 645 g/mol. The molecule has 0 aromatic heterocycles. The number of hydrogen-bond donors (Lipinski definition) is 4. The molecule has 12 heteroatoms. The highest BCUT2D eigenvalue weighted by molar-refractivity contribution is 6.37. The Balaban J connectivity index is 1.84. The first-order chi connectivity index (χ1) is 21.2. The first kappa shape index (κ1) is 37.0. The zero-order valence-corrected chi connectivity index (χ0v) is 29.1. The monoisotopic (exact) mass is 644 g/mol. The third kappa shape index (κ3) is 7.91. The van der Waals surface area contributed by atoms with Gasteiger partial charge in [-0.2, -0.15) is 0 Å². The van der Waals surface area contributed by atoms with Crippen LogP contribution in [0.2, 0.25) is 0 Å². The van der Waals surface area contributed by atoms with Crippen LogP contribution in [0.5, 0.6) is 0 Å². The fourth-order valence-corrected chi connectivity index (χ4v) is 6.99. The van der Waals surface area contributed by atoms with Crippen LogP contribution in [0.1, 0.15) is 81.1 Å². The summed E-state index contributed by atoms with van der Waals surface area (Å²) in [6, 6.07) is -4.46. The minimum atomic E-state index is -1.10. The lowest BCUT2D eigenvalue weighted by Gasteiger charge is -2.38. The molecule has 3 aliphatic rings. The Bertz CT molecular complexity index is 1220. The lowest BCUT2D eigenvalue weighted by atomic mass is 9.80. The van der Waals surface area contributed by atoms with Crippen molar-refractivity contribution in [1.82, 2.24) is 25.8 Å². The fraction of sp³-hybridized carbons (Fsp3) is 0.765. The topological polar surface area (TPSA) is 171 Å². The van der Waals surface area contributed by atoms with Gasteiger partial charge in [-0.3, -0.25) is 24.0 Å². The van der Waals surface area contributed by atoms with Gasteiger partial charge in [0.05, 0.1) is 6.04 Å². The Morgan fingerprint density at radius 1 is 1.04 bits per heavy atom. The summed E-state index contributed by atoms with van der Waals surface area (Å²) in [6.07, 6.45) is 4.80. The van der Waals surface area contributed by atoms with Gasteiger partial charge in [0.25, 0.3) is 5.91 Å². The van der Waals surface area contributed by atoms with Crippen LogP contribution in [0.3, 0.4) is 0 Å². The lowest BCUT2D eigenvalue weighted by molar-refractivity contribution is -0.145. The summed E-state index contributed by atoms with van der Waals surface area (Å²) in [5.41, 5.74) is 4.38. The average Bonchev–Trinajstić information content (AvgIpc) is 3.26. The van der Waals surface area contributed by atoms with Gasteiger partial charge >= 0.3 is 6.03 Å². The number of nitrogens with two attached hydrogens (primary N) is 1. The molecule has 2 unspecified atom stereocenters. The van der Waals surface area contributed by atoms with Crippen molar-refractivity contribution in [3.8, 4) is 0 Å². The molecule has 46 heavy (non-hydrogen) atoms. The summed E-state index contributed by atoms with van der Waals surface area (Å²) in [7, 11) is 1.64. The van der Waals surface area contributed by atoms with E-state index >= 15 is 0 Å². The largest absolute Gasteiger partial charge is 0.363 e. The zero-order chi connectivity index (χ0) is 34.9. The number of amides is 6. The number of likely N-dealkylation sites (tertiary alicyclic amines) is 1. The molecule has 2 saturated carbocycles. The Labute approximate surface area is 274 Å². The third-order valence-corrected chi connectivity index (χ3v) is 10.7. The van der Waals surface area contributed by atoms with E-state index < -0.39 is 59.1 Å². The maximum Gasteiger partial charge on any atom is 0.316 e. The predicted octanol–water partition coefficient (Wildman–Crippen LogP) is 2.22. The second kappa shape index (κ2) is 14.1. The summed E-state index contributed by atoms with van der Waals surface area (Å²) in [5.74, 6) is -3.11. The van der Waals surface area contributed by atoms with Gasteiger partial charge in [0.15, 0.2) is 0 Å². The molecule has 0 radical (unpaired) electrons. The van der Waals surface area contributed by atoms with Gasteiger partial charge in [-0.1, -0.05) is 80.7 Å². The molecular weight excluding hydrogens is 588 g/mol. The lowest BCUT2D eigenvalue weighted by Crippen LogP contribution is -2.63. The number of hydrogen-bond acceptors (Lipinski definition) is 6. The van der Waals surface area contributed by atoms with E-state index in [0.29, 0.717) is 19.5 Å². The Morgan fingerprint density at radius 2 is 1.65 bits per heavy atom. The van der Waals surface area contributed by atoms with Gasteiger partial charge in [0, 0.05) is 20.1 Å². The van der Waals surface area contributed by atoms with E-state index in [2.05, 4.69) is 22.5 Å². The van der Waals surface area contributed by atoms with Crippen molar-refractivity contribution in [2.45, 2.75) is 105 Å². The van der Waals surface area contributed by atoms with Gasteiger partial charge in [0.2, 0.25) is 23.5 Å². The van der Waals surface area contributed by atoms with Gasteiger partial charge in [-0.25, -0.2) is 4.79 Å². The second-order valence-corrected chi connectivity index (χ2v) is 15.7. The molecule has 3 rings (SSSR count). The highest BCUT2D eigenvalue weighted by Crippen LogP contribution is 2.65. The van der Waals surface area contributed by atoms with E-state index in [1.54, 1.807) is 13.1 Å². The maximum absolute atomic E-state index is 14.3. The van der Waals surface area contributed by atoms with E-state index in [1.807, 2.05) is 55.4 Å². The maximum atomic E-state index is 14.3. The van der Waals surface area contributed by atoms with Gasteiger partial charge in [-0.05, 0) is 46.8 Å². The quantitative estimate of drug-likeness (QED) is 0.167. The summed E-state index contributed by atoms with van der Waals surface area (Å²) in [4.78, 5) is 82.6. The number of carbonyl (C=O) groups is 6. The Hall–Kier alpha value is -3.44. The molecule has 12 nitrogen and oxygen atoms in total. The molecule has 0 aromatic carbocycles. The Morgan fingerprint density at radius 3 is 2.13 bits per heavy atom. The molecule has 6 amide bonds.